The van der Waals surface area contributed by atoms with E-state index in [1.165, 1.54) is 18.5 Å². The molecule has 0 saturated carbocycles. The number of primary amides is 1. The van der Waals surface area contributed by atoms with Crippen LogP contribution in [0.25, 0.3) is 0 Å². The Morgan fingerprint density at radius 1 is 0.977 bits per heavy atom. The summed E-state index contributed by atoms with van der Waals surface area (Å²) < 4.78 is 11.8. The van der Waals surface area contributed by atoms with Crippen LogP contribution in [0.5, 0.6) is 5.88 Å². The molecule has 0 aliphatic carbocycles. The second-order valence-electron chi connectivity index (χ2n) is 13.1. The summed E-state index contributed by atoms with van der Waals surface area (Å²) in [4.78, 5) is 43.2. The summed E-state index contributed by atoms with van der Waals surface area (Å²) in [6, 6.07) is 8.82. The van der Waals surface area contributed by atoms with Crippen LogP contribution in [0.3, 0.4) is 0 Å². The largest absolute Gasteiger partial charge is 0.471 e. The van der Waals surface area contributed by atoms with Crippen molar-refractivity contribution in [2.75, 3.05) is 69.6 Å². The number of carbonyl (C=O) groups is 2. The highest BCUT2D eigenvalue weighted by Gasteiger charge is 2.32. The van der Waals surface area contributed by atoms with Crippen LogP contribution in [0.4, 0.5) is 22.0 Å². The van der Waals surface area contributed by atoms with Crippen molar-refractivity contribution in [2.45, 2.75) is 71.1 Å². The Kier molecular flexibility index (Phi) is 9.79. The van der Waals surface area contributed by atoms with Gasteiger partial charge in [-0.2, -0.15) is 4.98 Å². The first-order chi connectivity index (χ1) is 21.0. The fourth-order valence-corrected chi connectivity index (χ4v) is 6.08. The van der Waals surface area contributed by atoms with Crippen LogP contribution in [0.1, 0.15) is 63.1 Å². The van der Waals surface area contributed by atoms with Crippen molar-refractivity contribution in [3.8, 4) is 5.88 Å². The summed E-state index contributed by atoms with van der Waals surface area (Å²) in [5.74, 6) is -0.0959. The minimum Gasteiger partial charge on any atom is -0.471 e. The number of anilines is 3. The lowest BCUT2D eigenvalue weighted by Crippen LogP contribution is -2.52. The van der Waals surface area contributed by atoms with Gasteiger partial charge in [0.05, 0.1) is 6.54 Å². The molecule has 3 saturated heterocycles. The Morgan fingerprint density at radius 2 is 1.66 bits per heavy atom. The number of aromatic nitrogens is 2. The van der Waals surface area contributed by atoms with Crippen LogP contribution in [-0.4, -0.2) is 114 Å². The van der Waals surface area contributed by atoms with Gasteiger partial charge in [0, 0.05) is 69.7 Å². The Hall–Kier alpha value is -3.64. The number of hydrogen-bond acceptors (Lipinski definition) is 10. The second-order valence-corrected chi connectivity index (χ2v) is 13.1. The smallest absolute Gasteiger partial charge is 0.410 e. The molecule has 5 rings (SSSR count). The van der Waals surface area contributed by atoms with Gasteiger partial charge in [-0.1, -0.05) is 6.92 Å². The Bertz CT molecular complexity index is 1300. The van der Waals surface area contributed by atoms with Crippen LogP contribution >= 0.6 is 0 Å². The van der Waals surface area contributed by atoms with E-state index in [2.05, 4.69) is 49.2 Å². The maximum absolute atomic E-state index is 12.5. The van der Waals surface area contributed by atoms with Crippen molar-refractivity contribution in [2.24, 2.45) is 5.73 Å². The van der Waals surface area contributed by atoms with E-state index in [9.17, 15) is 9.59 Å². The first-order valence-corrected chi connectivity index (χ1v) is 15.9. The van der Waals surface area contributed by atoms with Gasteiger partial charge in [0.25, 0.3) is 5.91 Å². The predicted molar refractivity (Wildman–Crippen MR) is 171 cm³/mol. The Morgan fingerprint density at radius 3 is 2.27 bits per heavy atom. The molecule has 3 N–H and O–H groups in total. The van der Waals surface area contributed by atoms with Gasteiger partial charge in [-0.05, 0) is 71.3 Å². The minimum atomic E-state index is -0.668. The van der Waals surface area contributed by atoms with E-state index >= 15 is 0 Å². The van der Waals surface area contributed by atoms with E-state index in [4.69, 9.17) is 15.2 Å². The lowest BCUT2D eigenvalue weighted by atomic mass is 10.0. The maximum atomic E-state index is 12.5. The number of amides is 2. The number of piperazine rings is 1. The molecule has 2 aromatic rings. The fraction of sp³-hybridized carbons (Fsp3) is 0.625. The number of piperidine rings is 1. The van der Waals surface area contributed by atoms with Crippen molar-refractivity contribution in [3.05, 3.63) is 35.7 Å². The third-order valence-electron chi connectivity index (χ3n) is 8.59. The minimum absolute atomic E-state index is 0.0612. The first-order valence-electron chi connectivity index (χ1n) is 15.9. The fourth-order valence-electron chi connectivity index (χ4n) is 6.08. The van der Waals surface area contributed by atoms with Crippen LogP contribution in [0.2, 0.25) is 0 Å². The zero-order valence-electron chi connectivity index (χ0n) is 26.8. The maximum Gasteiger partial charge on any atom is 0.410 e. The van der Waals surface area contributed by atoms with E-state index in [1.54, 1.807) is 4.90 Å². The molecule has 1 atom stereocenters. The number of ether oxygens (including phenoxy) is 2. The molecule has 12 heteroatoms. The van der Waals surface area contributed by atoms with E-state index < -0.39 is 11.5 Å². The molecule has 1 aromatic heterocycles. The number of likely N-dealkylation sites (tertiary alicyclic amines) is 1. The normalized spacial score (nSPS) is 20.5. The molecule has 0 bridgehead atoms. The van der Waals surface area contributed by atoms with Crippen LogP contribution < -0.4 is 20.7 Å². The van der Waals surface area contributed by atoms with Crippen molar-refractivity contribution < 1.29 is 19.1 Å². The molecule has 3 aliphatic rings. The number of nitrogens with one attached hydrogen (secondary N) is 1. The van der Waals surface area contributed by atoms with Crippen molar-refractivity contribution in [3.63, 3.8) is 0 Å². The third kappa shape index (κ3) is 7.89. The molecule has 2 amide bonds. The highest BCUT2D eigenvalue weighted by molar-refractivity contribution is 5.96. The summed E-state index contributed by atoms with van der Waals surface area (Å²) in [6.45, 7) is 15.1. The van der Waals surface area contributed by atoms with Gasteiger partial charge in [-0.25, -0.2) is 9.78 Å². The molecule has 0 radical (unpaired) electrons. The van der Waals surface area contributed by atoms with Crippen LogP contribution in [-0.2, 0) is 11.2 Å². The number of carbonyl (C=O) groups excluding carboxylic acids is 2. The lowest BCUT2D eigenvalue weighted by molar-refractivity contribution is 0.0274. The van der Waals surface area contributed by atoms with Crippen LogP contribution in [0, 0.1) is 0 Å². The number of hydrogen-bond donors (Lipinski definition) is 2. The molecular formula is C32H48N8O4. The van der Waals surface area contributed by atoms with Gasteiger partial charge in [0.1, 0.15) is 17.4 Å². The molecule has 4 heterocycles. The highest BCUT2D eigenvalue weighted by atomic mass is 16.6. The average Bonchev–Trinajstić information content (AvgIpc) is 3.46. The lowest BCUT2D eigenvalue weighted by Gasteiger charge is -2.42. The van der Waals surface area contributed by atoms with Gasteiger partial charge < -0.3 is 35.2 Å². The molecular weight excluding hydrogens is 560 g/mol. The van der Waals surface area contributed by atoms with Gasteiger partial charge in [0.15, 0.2) is 11.5 Å². The van der Waals surface area contributed by atoms with Gasteiger partial charge in [-0.15, -0.1) is 0 Å². The molecule has 3 aliphatic heterocycles. The summed E-state index contributed by atoms with van der Waals surface area (Å²) in [6.07, 6.45) is 2.85. The molecule has 12 nitrogen and oxygen atoms in total. The molecule has 44 heavy (non-hydrogen) atoms. The predicted octanol–water partition coefficient (Wildman–Crippen LogP) is 3.49. The summed E-state index contributed by atoms with van der Waals surface area (Å²) in [5.41, 5.74) is 7.68. The van der Waals surface area contributed by atoms with Gasteiger partial charge in [0.2, 0.25) is 5.88 Å². The topological polar surface area (TPSA) is 129 Å². The van der Waals surface area contributed by atoms with Crippen molar-refractivity contribution in [1.29, 1.82) is 0 Å². The summed E-state index contributed by atoms with van der Waals surface area (Å²) in [5, 5.41) is 3.24. The number of likely N-dealkylation sites (N-methyl/N-ethyl adjacent to an activating group) is 1. The number of aryl methyl sites for hydroxylation is 1. The van der Waals surface area contributed by atoms with E-state index in [0.29, 0.717) is 43.5 Å². The van der Waals surface area contributed by atoms with Crippen LogP contribution in [0.15, 0.2) is 24.3 Å². The number of nitrogens with two attached hydrogens (primary N) is 1. The molecule has 1 aromatic carbocycles. The molecule has 3 fully saturated rings. The second kappa shape index (κ2) is 13.6. The standard InChI is InChI=1S/C32H48N8O4/c1-6-26-30(43-25-13-16-40(21-25)31(42)44-32(2,3)4)36-29(27(35-26)28(33)41)34-22-7-9-23(10-8-22)38-14-11-24(12-15-38)39-19-17-37(5)18-20-39/h7-10,24-25H,6,11-21H2,1-5H3,(H2,33,41)(H,34,36)/t25-/m1/s1. The number of benzene rings is 1. The van der Waals surface area contributed by atoms with Crippen molar-refractivity contribution >= 4 is 29.2 Å². The number of nitrogens with zero attached hydrogens (tertiary/aromatic N) is 6. The molecule has 240 valence electrons. The zero-order valence-corrected chi connectivity index (χ0v) is 26.8. The SMILES string of the molecule is CCc1nc(C(N)=O)c(Nc2ccc(N3CCC(N4CCN(C)CC4)CC3)cc2)nc1O[C@@H]1CCN(C(=O)OC(C)(C)C)C1. The van der Waals surface area contributed by atoms with E-state index in [1.807, 2.05) is 39.8 Å². The number of rotatable bonds is 8. The molecule has 0 unspecified atom stereocenters. The average molecular weight is 609 g/mol. The van der Waals surface area contributed by atoms with Gasteiger partial charge in [-0.3, -0.25) is 9.69 Å². The van der Waals surface area contributed by atoms with Gasteiger partial charge >= 0.3 is 6.09 Å². The monoisotopic (exact) mass is 608 g/mol. The highest BCUT2D eigenvalue weighted by Crippen LogP contribution is 2.29. The summed E-state index contributed by atoms with van der Waals surface area (Å²) >= 11 is 0. The van der Waals surface area contributed by atoms with Crippen molar-refractivity contribution in [1.82, 2.24) is 24.7 Å². The Labute approximate surface area is 260 Å². The summed E-state index contributed by atoms with van der Waals surface area (Å²) in [7, 11) is 2.20. The zero-order chi connectivity index (χ0) is 31.4. The van der Waals surface area contributed by atoms with E-state index in [-0.39, 0.29) is 23.7 Å². The quantitative estimate of drug-likeness (QED) is 0.460. The molecule has 0 spiro atoms. The third-order valence-corrected chi connectivity index (χ3v) is 8.59. The first kappa shape index (κ1) is 31.8. The van der Waals surface area contributed by atoms with E-state index in [0.717, 1.165) is 45.0 Å². The Balaban J connectivity index is 1.23.